The van der Waals surface area contributed by atoms with E-state index >= 15 is 0 Å². The lowest BCUT2D eigenvalue weighted by atomic mass is 9.95. The molecule has 0 saturated heterocycles. The Hall–Kier alpha value is -2.58. The molecule has 2 aromatic rings. The number of nitrogens with one attached hydrogen (secondary N) is 1. The third-order valence-corrected chi connectivity index (χ3v) is 8.03. The molecule has 0 heterocycles. The van der Waals surface area contributed by atoms with Crippen LogP contribution in [0.1, 0.15) is 55.7 Å². The summed E-state index contributed by atoms with van der Waals surface area (Å²) in [5, 5.41) is 3.47. The summed E-state index contributed by atoms with van der Waals surface area (Å²) in [6.45, 7) is 5.17. The third-order valence-electron chi connectivity index (χ3n) is 6.67. The van der Waals surface area contributed by atoms with E-state index in [1.54, 1.807) is 26.0 Å². The van der Waals surface area contributed by atoms with Gasteiger partial charge in [0.25, 0.3) is 0 Å². The Morgan fingerprint density at radius 2 is 1.78 bits per heavy atom. The maximum atomic E-state index is 13.7. The van der Waals surface area contributed by atoms with Gasteiger partial charge in [-0.3, -0.25) is 13.9 Å². The summed E-state index contributed by atoms with van der Waals surface area (Å²) in [4.78, 5) is 28.4. The van der Waals surface area contributed by atoms with Crippen LogP contribution in [0.25, 0.3) is 0 Å². The highest BCUT2D eigenvalue weighted by Gasteiger charge is 2.31. The molecule has 0 aliphatic heterocycles. The molecule has 0 spiro atoms. The average molecular weight is 534 g/mol. The number of nitrogens with zero attached hydrogens (tertiary/aromatic N) is 2. The van der Waals surface area contributed by atoms with E-state index in [-0.39, 0.29) is 18.5 Å². The van der Waals surface area contributed by atoms with Gasteiger partial charge in [0, 0.05) is 17.6 Å². The largest absolute Gasteiger partial charge is 0.352 e. The molecule has 36 heavy (non-hydrogen) atoms. The highest BCUT2D eigenvalue weighted by atomic mass is 35.5. The number of carbonyl (C=O) groups is 2. The Bertz CT molecular complexity index is 1200. The van der Waals surface area contributed by atoms with Gasteiger partial charge in [-0.2, -0.15) is 0 Å². The molecule has 2 aromatic carbocycles. The average Bonchev–Trinajstić information content (AvgIpc) is 2.82. The summed E-state index contributed by atoms with van der Waals surface area (Å²) < 4.78 is 26.6. The van der Waals surface area contributed by atoms with E-state index in [2.05, 4.69) is 5.32 Å². The van der Waals surface area contributed by atoms with Crippen molar-refractivity contribution in [1.82, 2.24) is 10.2 Å². The second-order valence-electron chi connectivity index (χ2n) is 9.73. The van der Waals surface area contributed by atoms with Crippen LogP contribution in [0.15, 0.2) is 42.5 Å². The summed E-state index contributed by atoms with van der Waals surface area (Å²) in [5.74, 6) is -0.694. The molecule has 3 rings (SSSR count). The second-order valence-corrected chi connectivity index (χ2v) is 12.1. The summed E-state index contributed by atoms with van der Waals surface area (Å²) in [7, 11) is -3.81. The first kappa shape index (κ1) is 28.0. The lowest BCUT2D eigenvalue weighted by Gasteiger charge is -2.33. The predicted molar refractivity (Wildman–Crippen MR) is 145 cm³/mol. The summed E-state index contributed by atoms with van der Waals surface area (Å²) in [6, 6.07) is 12.0. The van der Waals surface area contributed by atoms with Gasteiger partial charge in [-0.25, -0.2) is 8.42 Å². The fourth-order valence-electron chi connectivity index (χ4n) is 4.60. The van der Waals surface area contributed by atoms with E-state index in [0.717, 1.165) is 47.4 Å². The molecule has 0 bridgehead atoms. The Balaban J connectivity index is 1.90. The van der Waals surface area contributed by atoms with Crippen LogP contribution in [0, 0.1) is 13.8 Å². The standard InChI is InChI=1S/C27H36ClN3O4S/c1-19-9-8-10-22(15-19)17-30(21(3)27(33)29-24-11-6-5-7-12-24)26(32)18-31(36(4,34)35)25-16-23(28)14-13-20(25)2/h8-10,13-16,21,24H,5-7,11-12,17-18H2,1-4H3,(H,29,33)/t21-/m1/s1. The van der Waals surface area contributed by atoms with Gasteiger partial charge in [-0.05, 0) is 56.9 Å². The first-order valence-electron chi connectivity index (χ1n) is 12.3. The number of benzene rings is 2. The number of rotatable bonds is 9. The van der Waals surface area contributed by atoms with Crippen LogP contribution in [0.3, 0.4) is 0 Å². The molecule has 2 amide bonds. The molecule has 0 radical (unpaired) electrons. The molecule has 7 nitrogen and oxygen atoms in total. The van der Waals surface area contributed by atoms with Crippen molar-refractivity contribution in [1.29, 1.82) is 0 Å². The van der Waals surface area contributed by atoms with Gasteiger partial charge in [-0.1, -0.05) is 66.8 Å². The number of hydrogen-bond donors (Lipinski definition) is 1. The van der Waals surface area contributed by atoms with Crippen LogP contribution in [-0.2, 0) is 26.2 Å². The van der Waals surface area contributed by atoms with E-state index in [0.29, 0.717) is 16.3 Å². The zero-order valence-electron chi connectivity index (χ0n) is 21.5. The number of sulfonamides is 1. The third kappa shape index (κ3) is 7.46. The zero-order valence-corrected chi connectivity index (χ0v) is 23.0. The Morgan fingerprint density at radius 1 is 1.08 bits per heavy atom. The molecule has 1 fully saturated rings. The lowest BCUT2D eigenvalue weighted by Crippen LogP contribution is -2.53. The van der Waals surface area contributed by atoms with Gasteiger partial charge in [0.1, 0.15) is 12.6 Å². The van der Waals surface area contributed by atoms with Gasteiger partial charge >= 0.3 is 0 Å². The van der Waals surface area contributed by atoms with Crippen LogP contribution < -0.4 is 9.62 Å². The fourth-order valence-corrected chi connectivity index (χ4v) is 5.67. The van der Waals surface area contributed by atoms with Gasteiger partial charge in [0.05, 0.1) is 11.9 Å². The lowest BCUT2D eigenvalue weighted by molar-refractivity contribution is -0.139. The van der Waals surface area contributed by atoms with Crippen LogP contribution in [0.4, 0.5) is 5.69 Å². The number of anilines is 1. The van der Waals surface area contributed by atoms with E-state index in [9.17, 15) is 18.0 Å². The van der Waals surface area contributed by atoms with Crippen molar-refractivity contribution in [2.75, 3.05) is 17.1 Å². The van der Waals surface area contributed by atoms with Crippen LogP contribution in [0.2, 0.25) is 5.02 Å². The molecule has 1 N–H and O–H groups in total. The summed E-state index contributed by atoms with van der Waals surface area (Å²) in [5.41, 5.74) is 2.91. The highest BCUT2D eigenvalue weighted by molar-refractivity contribution is 7.92. The molecule has 1 aliphatic carbocycles. The number of hydrogen-bond acceptors (Lipinski definition) is 4. The minimum absolute atomic E-state index is 0.103. The first-order chi connectivity index (χ1) is 17.0. The van der Waals surface area contributed by atoms with Crippen molar-refractivity contribution in [3.05, 3.63) is 64.2 Å². The second kappa shape index (κ2) is 12.1. The fraction of sp³-hybridized carbons (Fsp3) is 0.481. The van der Waals surface area contributed by atoms with E-state index in [4.69, 9.17) is 11.6 Å². The minimum Gasteiger partial charge on any atom is -0.352 e. The molecule has 9 heteroatoms. The van der Waals surface area contributed by atoms with Gasteiger partial charge in [-0.15, -0.1) is 0 Å². The summed E-state index contributed by atoms with van der Waals surface area (Å²) in [6.07, 6.45) is 6.25. The quantitative estimate of drug-likeness (QED) is 0.511. The molecule has 1 aliphatic rings. The van der Waals surface area contributed by atoms with E-state index < -0.39 is 28.5 Å². The van der Waals surface area contributed by atoms with Crippen molar-refractivity contribution in [2.45, 2.75) is 71.5 Å². The molecular formula is C27H36ClN3O4S. The Kier molecular flexibility index (Phi) is 9.41. The number of carbonyl (C=O) groups excluding carboxylic acids is 2. The minimum atomic E-state index is -3.81. The molecule has 196 valence electrons. The molecule has 1 saturated carbocycles. The van der Waals surface area contributed by atoms with Crippen LogP contribution in [0.5, 0.6) is 0 Å². The topological polar surface area (TPSA) is 86.8 Å². The number of amides is 2. The Morgan fingerprint density at radius 3 is 2.42 bits per heavy atom. The summed E-state index contributed by atoms with van der Waals surface area (Å²) >= 11 is 6.15. The van der Waals surface area contributed by atoms with Crippen molar-refractivity contribution in [3.8, 4) is 0 Å². The number of aryl methyl sites for hydroxylation is 2. The van der Waals surface area contributed by atoms with E-state index in [1.807, 2.05) is 31.2 Å². The molecule has 0 unspecified atom stereocenters. The number of halogens is 1. The smallest absolute Gasteiger partial charge is 0.244 e. The van der Waals surface area contributed by atoms with Crippen molar-refractivity contribution < 1.29 is 18.0 Å². The Labute approximate surface area is 219 Å². The van der Waals surface area contributed by atoms with Crippen LogP contribution >= 0.6 is 11.6 Å². The van der Waals surface area contributed by atoms with E-state index in [1.165, 1.54) is 17.4 Å². The molecule has 1 atom stereocenters. The molecular weight excluding hydrogens is 498 g/mol. The molecule has 0 aromatic heterocycles. The predicted octanol–water partition coefficient (Wildman–Crippen LogP) is 4.59. The SMILES string of the molecule is Cc1cccc(CN(C(=O)CN(c2cc(Cl)ccc2C)S(C)(=O)=O)[C@H](C)C(=O)NC2CCCCC2)c1. The van der Waals surface area contributed by atoms with Gasteiger partial charge in [0.15, 0.2) is 0 Å². The monoisotopic (exact) mass is 533 g/mol. The van der Waals surface area contributed by atoms with Crippen molar-refractivity contribution in [3.63, 3.8) is 0 Å². The van der Waals surface area contributed by atoms with Crippen molar-refractivity contribution >= 4 is 39.1 Å². The normalized spacial score (nSPS) is 15.2. The maximum Gasteiger partial charge on any atom is 0.244 e. The first-order valence-corrected chi connectivity index (χ1v) is 14.6. The van der Waals surface area contributed by atoms with Gasteiger partial charge in [0.2, 0.25) is 21.8 Å². The maximum absolute atomic E-state index is 13.7. The van der Waals surface area contributed by atoms with Gasteiger partial charge < -0.3 is 10.2 Å². The van der Waals surface area contributed by atoms with Crippen molar-refractivity contribution in [2.24, 2.45) is 0 Å². The van der Waals surface area contributed by atoms with Crippen LogP contribution in [-0.4, -0.2) is 50.0 Å². The zero-order chi connectivity index (χ0) is 26.5. The highest BCUT2D eigenvalue weighted by Crippen LogP contribution is 2.27.